The number of nitrogens with one attached hydrogen (secondary N) is 1. The average Bonchev–Trinajstić information content (AvgIpc) is 2.96. The number of thioether (sulfide) groups is 1. The molecule has 3 rings (SSSR count). The normalized spacial score (nSPS) is 17.8. The number of nitrogens with zero attached hydrogens (tertiary/aromatic N) is 2. The van der Waals surface area contributed by atoms with Crippen molar-refractivity contribution in [3.8, 4) is 0 Å². The zero-order valence-corrected chi connectivity index (χ0v) is 13.5. The number of benzene rings is 1. The first kappa shape index (κ1) is 14.9. The van der Waals surface area contributed by atoms with Gasteiger partial charge in [-0.25, -0.2) is 0 Å². The summed E-state index contributed by atoms with van der Waals surface area (Å²) < 4.78 is 5.49. The van der Waals surface area contributed by atoms with Gasteiger partial charge in [-0.05, 0) is 44.1 Å². The van der Waals surface area contributed by atoms with Crippen molar-refractivity contribution in [2.75, 3.05) is 13.1 Å². The van der Waals surface area contributed by atoms with Crippen molar-refractivity contribution >= 4 is 23.4 Å². The predicted octanol–water partition coefficient (Wildman–Crippen LogP) is 3.66. The Morgan fingerprint density at radius 2 is 2.19 bits per heavy atom. The fourth-order valence-electron chi connectivity index (χ4n) is 2.45. The number of hydrogen-bond acceptors (Lipinski definition) is 5. The van der Waals surface area contributed by atoms with Crippen molar-refractivity contribution in [3.63, 3.8) is 0 Å². The van der Waals surface area contributed by atoms with Crippen molar-refractivity contribution in [1.82, 2.24) is 15.5 Å². The average molecular weight is 324 g/mol. The van der Waals surface area contributed by atoms with Crippen LogP contribution in [0.4, 0.5) is 0 Å². The molecule has 112 valence electrons. The van der Waals surface area contributed by atoms with E-state index in [1.54, 1.807) is 11.8 Å². The third kappa shape index (κ3) is 3.59. The second-order valence-corrected chi connectivity index (χ2v) is 7.06. The zero-order valence-electron chi connectivity index (χ0n) is 11.9. The second kappa shape index (κ2) is 6.38. The zero-order chi connectivity index (χ0) is 14.7. The van der Waals surface area contributed by atoms with Crippen LogP contribution in [-0.2, 0) is 11.2 Å². The Bertz CT molecular complexity index is 610. The molecule has 1 aromatic heterocycles. The Morgan fingerprint density at radius 1 is 1.38 bits per heavy atom. The Kier molecular flexibility index (Phi) is 4.52. The van der Waals surface area contributed by atoms with Crippen LogP contribution in [-0.4, -0.2) is 23.2 Å². The predicted molar refractivity (Wildman–Crippen MR) is 84.8 cm³/mol. The van der Waals surface area contributed by atoms with Gasteiger partial charge in [0.15, 0.2) is 5.82 Å². The molecule has 1 fully saturated rings. The first-order chi connectivity index (χ1) is 10.2. The maximum atomic E-state index is 5.98. The highest BCUT2D eigenvalue weighted by Gasteiger charge is 2.34. The van der Waals surface area contributed by atoms with Gasteiger partial charge in [-0.15, -0.1) is 11.8 Å². The molecular formula is C15H18ClN3OS. The standard InChI is InChI=1S/C15H18ClN3OS/c1-15(5-7-17-8-6-15)14-18-13(19-20-14)10-21-12-4-2-3-11(16)9-12/h2-4,9,17H,5-8,10H2,1H3. The van der Waals surface area contributed by atoms with E-state index in [1.807, 2.05) is 24.3 Å². The Balaban J connectivity index is 1.65. The van der Waals surface area contributed by atoms with Gasteiger partial charge in [0.2, 0.25) is 5.89 Å². The lowest BCUT2D eigenvalue weighted by Crippen LogP contribution is -2.37. The van der Waals surface area contributed by atoms with E-state index in [0.717, 1.165) is 47.6 Å². The van der Waals surface area contributed by atoms with E-state index in [1.165, 1.54) is 0 Å². The number of hydrogen-bond donors (Lipinski definition) is 1. The van der Waals surface area contributed by atoms with Gasteiger partial charge in [0.1, 0.15) is 0 Å². The molecule has 0 amide bonds. The van der Waals surface area contributed by atoms with Crippen molar-refractivity contribution < 1.29 is 4.52 Å². The highest BCUT2D eigenvalue weighted by molar-refractivity contribution is 7.98. The van der Waals surface area contributed by atoms with Crippen molar-refractivity contribution in [2.24, 2.45) is 0 Å². The minimum atomic E-state index is 0.0111. The summed E-state index contributed by atoms with van der Waals surface area (Å²) in [5.41, 5.74) is 0.0111. The number of aromatic nitrogens is 2. The molecule has 0 bridgehead atoms. The van der Waals surface area contributed by atoms with Gasteiger partial charge < -0.3 is 9.84 Å². The molecule has 0 radical (unpaired) electrons. The topological polar surface area (TPSA) is 51.0 Å². The molecule has 0 atom stereocenters. The van der Waals surface area contributed by atoms with Gasteiger partial charge in [-0.2, -0.15) is 4.98 Å². The Hall–Kier alpha value is -1.04. The fourth-order valence-corrected chi connectivity index (χ4v) is 3.51. The Morgan fingerprint density at radius 3 is 2.95 bits per heavy atom. The molecule has 6 heteroatoms. The first-order valence-electron chi connectivity index (χ1n) is 7.08. The third-order valence-electron chi connectivity index (χ3n) is 3.86. The van der Waals surface area contributed by atoms with Gasteiger partial charge in [0, 0.05) is 15.3 Å². The summed E-state index contributed by atoms with van der Waals surface area (Å²) in [4.78, 5) is 5.70. The molecule has 0 saturated carbocycles. The van der Waals surface area contributed by atoms with Crippen molar-refractivity contribution in [3.05, 3.63) is 41.0 Å². The van der Waals surface area contributed by atoms with Crippen LogP contribution in [0.5, 0.6) is 0 Å². The van der Waals surface area contributed by atoms with Crippen LogP contribution in [0.1, 0.15) is 31.5 Å². The minimum Gasteiger partial charge on any atom is -0.339 e. The minimum absolute atomic E-state index is 0.0111. The van der Waals surface area contributed by atoms with Crippen LogP contribution >= 0.6 is 23.4 Å². The quantitative estimate of drug-likeness (QED) is 0.870. The molecule has 4 nitrogen and oxygen atoms in total. The molecular weight excluding hydrogens is 306 g/mol. The van der Waals surface area contributed by atoms with Gasteiger partial charge in [0.25, 0.3) is 0 Å². The summed E-state index contributed by atoms with van der Waals surface area (Å²) >= 11 is 7.65. The van der Waals surface area contributed by atoms with E-state index >= 15 is 0 Å². The van der Waals surface area contributed by atoms with Crippen LogP contribution in [0.2, 0.25) is 5.02 Å². The summed E-state index contributed by atoms with van der Waals surface area (Å²) in [5, 5.41) is 8.22. The van der Waals surface area contributed by atoms with E-state index in [4.69, 9.17) is 16.1 Å². The lowest BCUT2D eigenvalue weighted by Gasteiger charge is -2.30. The van der Waals surface area contributed by atoms with Gasteiger partial charge in [-0.1, -0.05) is 29.7 Å². The molecule has 0 unspecified atom stereocenters. The highest BCUT2D eigenvalue weighted by Crippen LogP contribution is 2.32. The molecule has 2 heterocycles. The maximum absolute atomic E-state index is 5.98. The molecule has 1 aliphatic rings. The van der Waals surface area contributed by atoms with Crippen LogP contribution in [0.3, 0.4) is 0 Å². The molecule has 1 aromatic carbocycles. The summed E-state index contributed by atoms with van der Waals surface area (Å²) in [6, 6.07) is 7.80. The highest BCUT2D eigenvalue weighted by atomic mass is 35.5. The van der Waals surface area contributed by atoms with Crippen LogP contribution in [0.25, 0.3) is 0 Å². The number of halogens is 1. The molecule has 0 aliphatic carbocycles. The lowest BCUT2D eigenvalue weighted by molar-refractivity contribution is 0.240. The SMILES string of the molecule is CC1(c2nc(CSc3cccc(Cl)c3)no2)CCNCC1. The molecule has 21 heavy (non-hydrogen) atoms. The van der Waals surface area contributed by atoms with E-state index < -0.39 is 0 Å². The molecule has 1 N–H and O–H groups in total. The molecule has 2 aromatic rings. The lowest BCUT2D eigenvalue weighted by atomic mass is 9.81. The summed E-state index contributed by atoms with van der Waals surface area (Å²) in [7, 11) is 0. The molecule has 1 saturated heterocycles. The summed E-state index contributed by atoms with van der Waals surface area (Å²) in [6.45, 7) is 4.21. The van der Waals surface area contributed by atoms with Gasteiger partial charge >= 0.3 is 0 Å². The van der Waals surface area contributed by atoms with E-state index in [9.17, 15) is 0 Å². The summed E-state index contributed by atoms with van der Waals surface area (Å²) in [5.74, 6) is 2.21. The summed E-state index contributed by atoms with van der Waals surface area (Å²) in [6.07, 6.45) is 2.08. The maximum Gasteiger partial charge on any atom is 0.232 e. The smallest absolute Gasteiger partial charge is 0.232 e. The monoisotopic (exact) mass is 323 g/mol. The van der Waals surface area contributed by atoms with E-state index in [0.29, 0.717) is 5.75 Å². The number of piperidine rings is 1. The van der Waals surface area contributed by atoms with Crippen molar-refractivity contribution in [1.29, 1.82) is 0 Å². The van der Waals surface area contributed by atoms with E-state index in [-0.39, 0.29) is 5.41 Å². The molecule has 0 spiro atoms. The van der Waals surface area contributed by atoms with Crippen LogP contribution < -0.4 is 5.32 Å². The second-order valence-electron chi connectivity index (χ2n) is 5.57. The number of rotatable bonds is 4. The van der Waals surface area contributed by atoms with Gasteiger partial charge in [-0.3, -0.25) is 0 Å². The largest absolute Gasteiger partial charge is 0.339 e. The molecule has 1 aliphatic heterocycles. The first-order valence-corrected chi connectivity index (χ1v) is 8.44. The third-order valence-corrected chi connectivity index (χ3v) is 5.08. The fraction of sp³-hybridized carbons (Fsp3) is 0.467. The van der Waals surface area contributed by atoms with Crippen molar-refractivity contribution in [2.45, 2.75) is 35.8 Å². The van der Waals surface area contributed by atoms with Crippen LogP contribution in [0.15, 0.2) is 33.7 Å². The Labute approximate surface area is 133 Å². The van der Waals surface area contributed by atoms with Crippen LogP contribution in [0, 0.1) is 0 Å². The van der Waals surface area contributed by atoms with Gasteiger partial charge in [0.05, 0.1) is 5.75 Å². The van der Waals surface area contributed by atoms with E-state index in [2.05, 4.69) is 22.4 Å².